The van der Waals surface area contributed by atoms with Gasteiger partial charge in [-0.1, -0.05) is 35.9 Å². The fourth-order valence-electron chi connectivity index (χ4n) is 3.76. The second kappa shape index (κ2) is 9.48. The molecule has 2 aromatic rings. The molecule has 2 amide bonds. The minimum Gasteiger partial charge on any atom is -0.482 e. The van der Waals surface area contributed by atoms with Gasteiger partial charge in [0.2, 0.25) is 5.91 Å². The van der Waals surface area contributed by atoms with Crippen LogP contribution in [0.4, 0.5) is 5.69 Å². The Hall–Kier alpha value is -2.28. The zero-order valence-corrected chi connectivity index (χ0v) is 17.4. The Morgan fingerprint density at radius 1 is 1.21 bits per heavy atom. The van der Waals surface area contributed by atoms with Crippen molar-refractivity contribution < 1.29 is 14.3 Å². The molecule has 1 fully saturated rings. The summed E-state index contributed by atoms with van der Waals surface area (Å²) >= 11 is 6.14. The van der Waals surface area contributed by atoms with Crippen LogP contribution in [0, 0.1) is 0 Å². The average Bonchev–Trinajstić information content (AvgIpc) is 2.73. The lowest BCUT2D eigenvalue weighted by molar-refractivity contribution is -0.134. The van der Waals surface area contributed by atoms with E-state index in [0.717, 1.165) is 17.8 Å². The molecule has 2 aliphatic heterocycles. The highest BCUT2D eigenvalue weighted by molar-refractivity contribution is 6.30. The largest absolute Gasteiger partial charge is 0.482 e. The van der Waals surface area contributed by atoms with Crippen molar-refractivity contribution >= 4 is 41.5 Å². The minimum atomic E-state index is -0.127. The lowest BCUT2D eigenvalue weighted by atomic mass is 10.0. The lowest BCUT2D eigenvalue weighted by Gasteiger charge is -2.37. The summed E-state index contributed by atoms with van der Waals surface area (Å²) in [5.74, 6) is 0.579. The van der Waals surface area contributed by atoms with Crippen molar-refractivity contribution in [3.8, 4) is 5.75 Å². The van der Waals surface area contributed by atoms with Crippen LogP contribution in [0.1, 0.15) is 18.0 Å². The Labute approximate surface area is 181 Å². The quantitative estimate of drug-likeness (QED) is 0.801. The molecule has 0 spiro atoms. The molecule has 2 aliphatic rings. The third-order valence-corrected chi connectivity index (χ3v) is 5.39. The van der Waals surface area contributed by atoms with E-state index in [1.165, 1.54) is 0 Å². The van der Waals surface area contributed by atoms with Gasteiger partial charge in [-0.05, 0) is 29.8 Å². The molecule has 154 valence electrons. The summed E-state index contributed by atoms with van der Waals surface area (Å²) in [5.41, 5.74) is 1.74. The van der Waals surface area contributed by atoms with E-state index in [1.807, 2.05) is 53.4 Å². The van der Waals surface area contributed by atoms with E-state index >= 15 is 0 Å². The number of nitrogens with one attached hydrogen (secondary N) is 1. The number of rotatable bonds is 4. The third-order valence-electron chi connectivity index (χ3n) is 5.15. The number of carbonyl (C=O) groups excluding carboxylic acids is 2. The van der Waals surface area contributed by atoms with Crippen molar-refractivity contribution in [1.29, 1.82) is 0 Å². The minimum absolute atomic E-state index is 0. The predicted molar refractivity (Wildman–Crippen MR) is 115 cm³/mol. The van der Waals surface area contributed by atoms with Crippen molar-refractivity contribution in [2.24, 2.45) is 0 Å². The van der Waals surface area contributed by atoms with Gasteiger partial charge < -0.3 is 19.9 Å². The first-order valence-electron chi connectivity index (χ1n) is 9.41. The van der Waals surface area contributed by atoms with Crippen LogP contribution in [-0.2, 0) is 9.59 Å². The van der Waals surface area contributed by atoms with Gasteiger partial charge in [0, 0.05) is 37.6 Å². The SMILES string of the molecule is Cl.O=C1COc2ccccc2N1CCC(=O)N1CCNCC1c1cccc(Cl)c1. The summed E-state index contributed by atoms with van der Waals surface area (Å²) in [5, 5.41) is 4.00. The predicted octanol–water partition coefficient (Wildman–Crippen LogP) is 3.05. The monoisotopic (exact) mass is 435 g/mol. The summed E-state index contributed by atoms with van der Waals surface area (Å²) < 4.78 is 5.47. The first-order chi connectivity index (χ1) is 13.6. The van der Waals surface area contributed by atoms with E-state index in [0.29, 0.717) is 30.4 Å². The first kappa shape index (κ1) is 21.4. The summed E-state index contributed by atoms with van der Waals surface area (Å²) in [6.07, 6.45) is 0.261. The van der Waals surface area contributed by atoms with Crippen molar-refractivity contribution in [3.05, 3.63) is 59.1 Å². The molecule has 4 rings (SSSR count). The van der Waals surface area contributed by atoms with Gasteiger partial charge in [0.1, 0.15) is 5.75 Å². The highest BCUT2D eigenvalue weighted by atomic mass is 35.5. The highest BCUT2D eigenvalue weighted by Gasteiger charge is 2.30. The number of para-hydroxylation sites is 2. The van der Waals surface area contributed by atoms with Gasteiger partial charge in [-0.2, -0.15) is 0 Å². The number of benzene rings is 2. The van der Waals surface area contributed by atoms with E-state index in [1.54, 1.807) is 4.90 Å². The van der Waals surface area contributed by atoms with Crippen molar-refractivity contribution in [2.45, 2.75) is 12.5 Å². The Morgan fingerprint density at radius 3 is 2.86 bits per heavy atom. The molecule has 0 aliphatic carbocycles. The van der Waals surface area contributed by atoms with E-state index in [9.17, 15) is 9.59 Å². The number of amides is 2. The van der Waals surface area contributed by atoms with Crippen LogP contribution in [0.2, 0.25) is 5.02 Å². The number of carbonyl (C=O) groups is 2. The molecule has 29 heavy (non-hydrogen) atoms. The van der Waals surface area contributed by atoms with Gasteiger partial charge >= 0.3 is 0 Å². The number of hydrogen-bond donors (Lipinski definition) is 1. The van der Waals surface area contributed by atoms with Crippen LogP contribution in [0.25, 0.3) is 0 Å². The van der Waals surface area contributed by atoms with Gasteiger partial charge in [-0.15, -0.1) is 12.4 Å². The maximum Gasteiger partial charge on any atom is 0.265 e. The fraction of sp³-hybridized carbons (Fsp3) is 0.333. The van der Waals surface area contributed by atoms with Gasteiger partial charge in [0.15, 0.2) is 6.61 Å². The smallest absolute Gasteiger partial charge is 0.265 e. The van der Waals surface area contributed by atoms with Gasteiger partial charge in [-0.25, -0.2) is 0 Å². The lowest BCUT2D eigenvalue weighted by Crippen LogP contribution is -2.49. The number of nitrogens with zero attached hydrogens (tertiary/aromatic N) is 2. The second-order valence-electron chi connectivity index (χ2n) is 6.91. The molecular weight excluding hydrogens is 413 g/mol. The molecule has 8 heteroatoms. The van der Waals surface area contributed by atoms with E-state index < -0.39 is 0 Å². The number of halogens is 2. The van der Waals surface area contributed by atoms with Crippen LogP contribution >= 0.6 is 24.0 Å². The summed E-state index contributed by atoms with van der Waals surface area (Å²) in [7, 11) is 0. The summed E-state index contributed by atoms with van der Waals surface area (Å²) in [4.78, 5) is 28.9. The molecular formula is C21H23Cl2N3O3. The molecule has 2 aromatic carbocycles. The molecule has 0 bridgehead atoms. The molecule has 6 nitrogen and oxygen atoms in total. The molecule has 1 N–H and O–H groups in total. The molecule has 0 aromatic heterocycles. The number of fused-ring (bicyclic) bond motifs is 1. The Bertz CT molecular complexity index is 893. The van der Waals surface area contributed by atoms with Crippen LogP contribution in [-0.4, -0.2) is 49.5 Å². The van der Waals surface area contributed by atoms with Crippen LogP contribution in [0.5, 0.6) is 5.75 Å². The fourth-order valence-corrected chi connectivity index (χ4v) is 3.96. The zero-order chi connectivity index (χ0) is 19.5. The molecule has 0 radical (unpaired) electrons. The summed E-state index contributed by atoms with van der Waals surface area (Å²) in [6.45, 7) is 2.41. The molecule has 0 saturated carbocycles. The van der Waals surface area contributed by atoms with E-state index in [-0.39, 0.29) is 43.3 Å². The Morgan fingerprint density at radius 2 is 2.03 bits per heavy atom. The van der Waals surface area contributed by atoms with Gasteiger partial charge in [-0.3, -0.25) is 9.59 Å². The van der Waals surface area contributed by atoms with Crippen molar-refractivity contribution in [1.82, 2.24) is 10.2 Å². The highest BCUT2D eigenvalue weighted by Crippen LogP contribution is 2.32. The van der Waals surface area contributed by atoms with Gasteiger partial charge in [0.05, 0.1) is 11.7 Å². The topological polar surface area (TPSA) is 61.9 Å². The number of piperazine rings is 1. The van der Waals surface area contributed by atoms with Gasteiger partial charge in [0.25, 0.3) is 5.91 Å². The zero-order valence-electron chi connectivity index (χ0n) is 15.8. The Kier molecular flexibility index (Phi) is 7.00. The average molecular weight is 436 g/mol. The normalized spacial score (nSPS) is 18.5. The van der Waals surface area contributed by atoms with Crippen LogP contribution < -0.4 is 15.0 Å². The molecule has 1 saturated heterocycles. The molecule has 2 heterocycles. The van der Waals surface area contributed by atoms with Crippen molar-refractivity contribution in [3.63, 3.8) is 0 Å². The van der Waals surface area contributed by atoms with E-state index in [4.69, 9.17) is 16.3 Å². The number of hydrogen-bond acceptors (Lipinski definition) is 4. The Balaban J connectivity index is 0.00000240. The van der Waals surface area contributed by atoms with Crippen LogP contribution in [0.3, 0.4) is 0 Å². The van der Waals surface area contributed by atoms with E-state index in [2.05, 4.69) is 5.32 Å². The van der Waals surface area contributed by atoms with Crippen LogP contribution in [0.15, 0.2) is 48.5 Å². The maximum absolute atomic E-state index is 13.0. The third kappa shape index (κ3) is 4.66. The standard InChI is InChI=1S/C21H22ClN3O3.ClH/c22-16-5-3-4-15(12-16)18-13-23-9-11-25(18)20(26)8-10-24-17-6-1-2-7-19(17)28-14-21(24)27;/h1-7,12,18,23H,8-11,13-14H2;1H. The first-order valence-corrected chi connectivity index (χ1v) is 9.79. The molecule has 1 atom stereocenters. The maximum atomic E-state index is 13.0. The summed E-state index contributed by atoms with van der Waals surface area (Å²) in [6, 6.07) is 15.0. The number of ether oxygens (including phenoxy) is 1. The molecule has 1 unspecified atom stereocenters. The second-order valence-corrected chi connectivity index (χ2v) is 7.35. The number of anilines is 1. The van der Waals surface area contributed by atoms with Crippen molar-refractivity contribution in [2.75, 3.05) is 37.7 Å².